The first-order valence-corrected chi connectivity index (χ1v) is 7.40. The Kier molecular flexibility index (Phi) is 5.40. The number of hydrogen-bond acceptors (Lipinski definition) is 2. The molecular weight excluding hydrogens is 345 g/mol. The topological polar surface area (TPSA) is 21.3 Å². The van der Waals surface area contributed by atoms with E-state index in [4.69, 9.17) is 16.3 Å². The molecule has 0 aliphatic heterocycles. The van der Waals surface area contributed by atoms with Crippen molar-refractivity contribution in [1.82, 2.24) is 5.32 Å². The first kappa shape index (κ1) is 15.3. The Hall–Kier alpha value is -1.10. The smallest absolute Gasteiger partial charge is 0.184 e. The fraction of sp³-hybridized carbons (Fsp3) is 0.200. The van der Waals surface area contributed by atoms with E-state index in [1.165, 1.54) is 6.07 Å². The first-order valence-electron chi connectivity index (χ1n) is 6.23. The van der Waals surface area contributed by atoms with Crippen LogP contribution in [0.3, 0.4) is 0 Å². The number of hydrogen-bond donors (Lipinski definition) is 1. The summed E-state index contributed by atoms with van der Waals surface area (Å²) in [6.07, 6.45) is 0. The number of halogens is 3. The average molecular weight is 359 g/mol. The Morgan fingerprint density at radius 1 is 1.25 bits per heavy atom. The lowest BCUT2D eigenvalue weighted by Gasteiger charge is -2.13. The Morgan fingerprint density at radius 2 is 2.05 bits per heavy atom. The van der Waals surface area contributed by atoms with Gasteiger partial charge in [0.15, 0.2) is 11.6 Å². The Labute approximate surface area is 131 Å². The van der Waals surface area contributed by atoms with Gasteiger partial charge in [-0.3, -0.25) is 0 Å². The normalized spacial score (nSPS) is 10.6. The van der Waals surface area contributed by atoms with Crippen molar-refractivity contribution >= 4 is 27.5 Å². The molecule has 0 aliphatic carbocycles. The van der Waals surface area contributed by atoms with Gasteiger partial charge >= 0.3 is 0 Å². The highest BCUT2D eigenvalue weighted by Crippen LogP contribution is 2.32. The SMILES string of the molecule is CCNCc1cc(Br)ccc1Oc1cccc(Cl)c1F. The van der Waals surface area contributed by atoms with E-state index in [0.717, 1.165) is 16.6 Å². The van der Waals surface area contributed by atoms with Crippen LogP contribution in [0.1, 0.15) is 12.5 Å². The van der Waals surface area contributed by atoms with Gasteiger partial charge in [0.05, 0.1) is 5.02 Å². The van der Waals surface area contributed by atoms with Crippen LogP contribution >= 0.6 is 27.5 Å². The minimum absolute atomic E-state index is 0.0489. The van der Waals surface area contributed by atoms with Crippen molar-refractivity contribution in [3.63, 3.8) is 0 Å². The van der Waals surface area contributed by atoms with Crippen molar-refractivity contribution in [1.29, 1.82) is 0 Å². The van der Waals surface area contributed by atoms with Gasteiger partial charge in [-0.1, -0.05) is 40.5 Å². The second-order valence-electron chi connectivity index (χ2n) is 4.19. The molecule has 1 N–H and O–H groups in total. The van der Waals surface area contributed by atoms with Crippen LogP contribution in [0.15, 0.2) is 40.9 Å². The van der Waals surface area contributed by atoms with E-state index in [0.29, 0.717) is 12.3 Å². The van der Waals surface area contributed by atoms with E-state index >= 15 is 0 Å². The molecule has 0 spiro atoms. The lowest BCUT2D eigenvalue weighted by atomic mass is 10.2. The monoisotopic (exact) mass is 357 g/mol. The quantitative estimate of drug-likeness (QED) is 0.798. The summed E-state index contributed by atoms with van der Waals surface area (Å²) < 4.78 is 20.5. The van der Waals surface area contributed by atoms with Crippen molar-refractivity contribution < 1.29 is 9.13 Å². The molecule has 2 nitrogen and oxygen atoms in total. The summed E-state index contributed by atoms with van der Waals surface area (Å²) in [7, 11) is 0. The number of rotatable bonds is 5. The third kappa shape index (κ3) is 3.72. The molecule has 20 heavy (non-hydrogen) atoms. The van der Waals surface area contributed by atoms with Gasteiger partial charge in [0, 0.05) is 16.6 Å². The summed E-state index contributed by atoms with van der Waals surface area (Å²) in [4.78, 5) is 0. The first-order chi connectivity index (χ1) is 9.61. The molecule has 0 saturated heterocycles. The lowest BCUT2D eigenvalue weighted by molar-refractivity contribution is 0.436. The van der Waals surface area contributed by atoms with E-state index < -0.39 is 5.82 Å². The Morgan fingerprint density at radius 3 is 2.80 bits per heavy atom. The number of nitrogens with one attached hydrogen (secondary N) is 1. The summed E-state index contributed by atoms with van der Waals surface area (Å²) in [5, 5.41) is 3.27. The Balaban J connectivity index is 2.30. The molecule has 0 saturated carbocycles. The maximum absolute atomic E-state index is 13.9. The average Bonchev–Trinajstić information content (AvgIpc) is 2.44. The second kappa shape index (κ2) is 7.07. The fourth-order valence-corrected chi connectivity index (χ4v) is 2.30. The van der Waals surface area contributed by atoms with E-state index in [2.05, 4.69) is 21.2 Å². The summed E-state index contributed by atoms with van der Waals surface area (Å²) in [5.74, 6) is 0.180. The standard InChI is InChI=1S/C15H14BrClFNO/c1-2-19-9-10-8-11(16)6-7-13(10)20-14-5-3-4-12(17)15(14)18/h3-8,19H,2,9H2,1H3. The highest BCUT2D eigenvalue weighted by Gasteiger charge is 2.11. The molecule has 0 fully saturated rings. The van der Waals surface area contributed by atoms with Gasteiger partial charge < -0.3 is 10.1 Å². The predicted octanol–water partition coefficient (Wildman–Crippen LogP) is 5.14. The zero-order valence-electron chi connectivity index (χ0n) is 10.9. The highest BCUT2D eigenvalue weighted by atomic mass is 79.9. The second-order valence-corrected chi connectivity index (χ2v) is 5.51. The predicted molar refractivity (Wildman–Crippen MR) is 83.0 cm³/mol. The van der Waals surface area contributed by atoms with Crippen LogP contribution in [0.25, 0.3) is 0 Å². The molecule has 0 heterocycles. The van der Waals surface area contributed by atoms with Crippen LogP contribution in [-0.4, -0.2) is 6.54 Å². The molecule has 0 amide bonds. The molecule has 0 radical (unpaired) electrons. The van der Waals surface area contributed by atoms with Gasteiger partial charge in [-0.25, -0.2) is 4.39 Å². The molecule has 0 aliphatic rings. The van der Waals surface area contributed by atoms with Gasteiger partial charge in [-0.15, -0.1) is 0 Å². The summed E-state index contributed by atoms with van der Waals surface area (Å²) in [5.41, 5.74) is 0.945. The molecule has 2 rings (SSSR count). The van der Waals surface area contributed by atoms with Crippen LogP contribution in [0.2, 0.25) is 5.02 Å². The van der Waals surface area contributed by atoms with Gasteiger partial charge in [-0.05, 0) is 36.9 Å². The highest BCUT2D eigenvalue weighted by molar-refractivity contribution is 9.10. The molecule has 106 valence electrons. The largest absolute Gasteiger partial charge is 0.454 e. The molecule has 2 aromatic rings. The molecule has 0 bridgehead atoms. The molecule has 0 atom stereocenters. The van der Waals surface area contributed by atoms with Gasteiger partial charge in [-0.2, -0.15) is 0 Å². The number of benzene rings is 2. The molecule has 5 heteroatoms. The van der Waals surface area contributed by atoms with Crippen LogP contribution in [-0.2, 0) is 6.54 Å². The zero-order valence-corrected chi connectivity index (χ0v) is 13.3. The summed E-state index contributed by atoms with van der Waals surface area (Å²) in [6.45, 7) is 3.51. The molecule has 2 aromatic carbocycles. The third-order valence-electron chi connectivity index (χ3n) is 2.72. The van der Waals surface area contributed by atoms with Crippen molar-refractivity contribution in [2.45, 2.75) is 13.5 Å². The van der Waals surface area contributed by atoms with E-state index in [-0.39, 0.29) is 10.8 Å². The van der Waals surface area contributed by atoms with Crippen molar-refractivity contribution in [3.05, 3.63) is 57.3 Å². The van der Waals surface area contributed by atoms with Crippen LogP contribution in [0.4, 0.5) is 4.39 Å². The third-order valence-corrected chi connectivity index (χ3v) is 3.51. The molecule has 0 aromatic heterocycles. The lowest BCUT2D eigenvalue weighted by Crippen LogP contribution is -2.12. The van der Waals surface area contributed by atoms with E-state index in [9.17, 15) is 4.39 Å². The van der Waals surface area contributed by atoms with Gasteiger partial charge in [0.1, 0.15) is 5.75 Å². The van der Waals surface area contributed by atoms with Gasteiger partial charge in [0.25, 0.3) is 0 Å². The van der Waals surface area contributed by atoms with E-state index in [1.54, 1.807) is 18.2 Å². The zero-order chi connectivity index (χ0) is 14.5. The minimum atomic E-state index is -0.550. The maximum atomic E-state index is 13.9. The van der Waals surface area contributed by atoms with Crippen LogP contribution < -0.4 is 10.1 Å². The van der Waals surface area contributed by atoms with E-state index in [1.807, 2.05) is 19.1 Å². The molecule has 0 unspecified atom stereocenters. The Bertz CT molecular complexity index is 606. The summed E-state index contributed by atoms with van der Waals surface area (Å²) in [6, 6.07) is 10.3. The van der Waals surface area contributed by atoms with Crippen LogP contribution in [0.5, 0.6) is 11.5 Å². The van der Waals surface area contributed by atoms with Crippen molar-refractivity contribution in [2.24, 2.45) is 0 Å². The minimum Gasteiger partial charge on any atom is -0.454 e. The maximum Gasteiger partial charge on any atom is 0.184 e. The van der Waals surface area contributed by atoms with Crippen molar-refractivity contribution in [3.8, 4) is 11.5 Å². The molecular formula is C15H14BrClFNO. The van der Waals surface area contributed by atoms with Gasteiger partial charge in [0.2, 0.25) is 0 Å². The number of ether oxygens (including phenoxy) is 1. The fourth-order valence-electron chi connectivity index (χ4n) is 1.73. The van der Waals surface area contributed by atoms with Crippen molar-refractivity contribution in [2.75, 3.05) is 6.54 Å². The summed E-state index contributed by atoms with van der Waals surface area (Å²) >= 11 is 9.18. The van der Waals surface area contributed by atoms with Crippen LogP contribution in [0, 0.1) is 5.82 Å².